The molecule has 2 aromatic heterocycles. The molecular formula is C59H82Cl4FN12O11PS2. The van der Waals surface area contributed by atoms with E-state index in [2.05, 4.69) is 86.5 Å². The lowest BCUT2D eigenvalue weighted by atomic mass is 9.92. The fourth-order valence-electron chi connectivity index (χ4n) is 8.59. The Bertz CT molecular complexity index is 3360. The van der Waals surface area contributed by atoms with Crippen LogP contribution in [-0.4, -0.2) is 158 Å². The second-order valence-electron chi connectivity index (χ2n) is 22.4. The Labute approximate surface area is 553 Å². The summed E-state index contributed by atoms with van der Waals surface area (Å²) in [5.74, 6) is 2.98. The van der Waals surface area contributed by atoms with E-state index >= 15 is 0 Å². The number of aromatic nitrogens is 5. The van der Waals surface area contributed by atoms with E-state index < -0.39 is 37.0 Å². The van der Waals surface area contributed by atoms with E-state index in [1.165, 1.54) is 28.6 Å². The molecule has 8 rings (SSSR count). The number of nitrogens with one attached hydrogen (secondary N) is 3. The minimum Gasteiger partial charge on any atom is -0.778 e. The number of alkyl halides is 3. The first-order valence-electron chi connectivity index (χ1n) is 28.1. The first-order chi connectivity index (χ1) is 42.1. The summed E-state index contributed by atoms with van der Waals surface area (Å²) in [5.41, 5.74) is 4.51. The SMILES string of the molecule is C#CCN1C(=O)COc2cc(F)c(/N=c3\snc4n3CC(C)(C)C4)cc21.CC1COc2ccccc2N1C(=O)C(Cl)Cl.CCNc1nc(Cl)nc(NC(C)(C)C)n1.CCc1cccc(C)c1N(C(=O)CCl)C(C)COC.C[S+](C)C.O=C(O)CNCP(=O)([O-])O. The largest absolute Gasteiger partial charge is 0.778 e. The number of methoxy groups -OCH3 is 1. The predicted molar refractivity (Wildman–Crippen MR) is 358 cm³/mol. The number of carboxylic acids is 1. The lowest BCUT2D eigenvalue weighted by Crippen LogP contribution is -2.47. The summed E-state index contributed by atoms with van der Waals surface area (Å²) in [7, 11) is -2.07. The van der Waals surface area contributed by atoms with Crippen LogP contribution in [0.3, 0.4) is 0 Å². The zero-order valence-electron chi connectivity index (χ0n) is 53.0. The summed E-state index contributed by atoms with van der Waals surface area (Å²) in [4.78, 5) is 84.8. The monoisotopic (exact) mass is 1390 g/mol. The lowest BCUT2D eigenvalue weighted by Gasteiger charge is -2.35. The lowest BCUT2D eigenvalue weighted by molar-refractivity contribution is -0.193. The topological polar surface area (TPSA) is 291 Å². The minimum absolute atomic E-state index is 0.0223. The van der Waals surface area contributed by atoms with Gasteiger partial charge < -0.3 is 58.7 Å². The number of fused-ring (bicyclic) bond motifs is 3. The number of carbonyl (C=O) groups excluding carboxylic acids is 3. The summed E-state index contributed by atoms with van der Waals surface area (Å²) >= 11 is 24.0. The van der Waals surface area contributed by atoms with Gasteiger partial charge in [0.25, 0.3) is 11.8 Å². The number of nitrogens with zero attached hydrogens (tertiary/aromatic N) is 9. The van der Waals surface area contributed by atoms with Crippen LogP contribution in [-0.2, 0) is 58.8 Å². The molecule has 0 bridgehead atoms. The van der Waals surface area contributed by atoms with E-state index in [1.54, 1.807) is 16.9 Å². The molecule has 0 aliphatic carbocycles. The summed E-state index contributed by atoms with van der Waals surface area (Å²) in [6.07, 6.45) is 13.0. The van der Waals surface area contributed by atoms with Gasteiger partial charge in [-0.05, 0) is 112 Å². The first-order valence-corrected chi connectivity index (χ1v) is 34.8. The van der Waals surface area contributed by atoms with Gasteiger partial charge in [-0.3, -0.25) is 29.4 Å². The van der Waals surface area contributed by atoms with Crippen molar-refractivity contribution >= 4 is 135 Å². The average molecular weight is 1390 g/mol. The summed E-state index contributed by atoms with van der Waals surface area (Å²) < 4.78 is 47.0. The zero-order chi connectivity index (χ0) is 67.8. The standard InChI is InChI=1S/C18H17FN4O2S.C15H22ClNO2.C11H11Cl2NO2.C9H16ClN5.C3H8NO5P.C3H9S/c1-4-5-22-13-7-12(11(19)6-14(13)25-9-16(22)24)20-17-23-10-18(2,3)8-15(23)21-26-17;1-5-13-8-6-7-11(2)15(13)17(14(18)9-16)12(3)10-19-4;1-7-6-16-9-5-3-2-4-8(9)14(7)11(15)10(12)13;1-5-11-7-12-6(10)13-8(14-7)15-9(2,3)4;5-3(6)1-4-2-10(7,8)9;1-4(2)3/h1,6-7H,5,8-10H2,2-3H3;6-8,12H,5,9-10H2,1-4H3;2-5,7,10H,6H2,1H3;5H2,1-4H3,(H2,11,12,13,14,15);4H,1-2H2,(H,5,6)(H2,7,8,9);1-3H3/q;;;;;+1/p-1/b20-17-;;;;;. The molecule has 3 aliphatic heterocycles. The van der Waals surface area contributed by atoms with Crippen molar-refractivity contribution in [2.45, 2.75) is 111 Å². The van der Waals surface area contributed by atoms with Crippen molar-refractivity contribution in [3.63, 3.8) is 0 Å². The number of amides is 3. The first kappa shape index (κ1) is 78.4. The summed E-state index contributed by atoms with van der Waals surface area (Å²) in [6.45, 7) is 22.3. The number of benzene rings is 3. The second kappa shape index (κ2) is 37.0. The normalized spacial score (nSPS) is 15.4. The van der Waals surface area contributed by atoms with E-state index in [4.69, 9.17) is 77.0 Å². The van der Waals surface area contributed by atoms with Crippen LogP contribution in [0.4, 0.5) is 39.0 Å². The molecule has 3 unspecified atom stereocenters. The third-order valence-corrected chi connectivity index (χ3v) is 14.3. The van der Waals surface area contributed by atoms with E-state index in [9.17, 15) is 33.0 Å². The number of hydrogen-bond donors (Lipinski definition) is 5. The number of ether oxygens (including phenoxy) is 3. The fraction of sp³-hybridized carbons (Fsp3) is 0.508. The van der Waals surface area contributed by atoms with Crippen molar-refractivity contribution in [2.24, 2.45) is 10.4 Å². The minimum atomic E-state index is -4.35. The van der Waals surface area contributed by atoms with Gasteiger partial charge in [-0.2, -0.15) is 19.3 Å². The number of rotatable bonds is 16. The van der Waals surface area contributed by atoms with Crippen LogP contribution in [0.15, 0.2) is 59.6 Å². The number of carboxylic acid groups (broad SMARTS) is 1. The summed E-state index contributed by atoms with van der Waals surface area (Å²) in [6, 6.07) is 16.1. The van der Waals surface area contributed by atoms with E-state index in [0.717, 1.165) is 54.3 Å². The maximum atomic E-state index is 14.5. The number of aryl methyl sites for hydroxylation is 2. The molecule has 0 spiro atoms. The molecule has 0 saturated carbocycles. The number of para-hydroxylation sites is 3. The molecular weight excluding hydrogens is 1310 g/mol. The number of terminal acetylenes is 1. The van der Waals surface area contributed by atoms with Gasteiger partial charge >= 0.3 is 5.97 Å². The third kappa shape index (κ3) is 25.7. The summed E-state index contributed by atoms with van der Waals surface area (Å²) in [5, 5.41) is 16.3. The predicted octanol–water partition coefficient (Wildman–Crippen LogP) is 8.85. The number of carbonyl (C=O) groups is 4. The molecule has 3 aromatic carbocycles. The van der Waals surface area contributed by atoms with Gasteiger partial charge in [-0.25, -0.2) is 9.38 Å². The van der Waals surface area contributed by atoms with Crippen molar-refractivity contribution in [1.29, 1.82) is 0 Å². The van der Waals surface area contributed by atoms with Crippen molar-refractivity contribution in [2.75, 3.05) is 103 Å². The van der Waals surface area contributed by atoms with E-state index in [0.29, 0.717) is 58.0 Å². The van der Waals surface area contributed by atoms with E-state index in [1.807, 2.05) is 94.7 Å². The van der Waals surface area contributed by atoms with Crippen LogP contribution in [0.1, 0.15) is 79.3 Å². The molecule has 496 valence electrons. The molecule has 3 aliphatic rings. The van der Waals surface area contributed by atoms with Gasteiger partial charge in [0.05, 0.1) is 73.9 Å². The highest BCUT2D eigenvalue weighted by molar-refractivity contribution is 7.94. The number of hydrogen-bond acceptors (Lipinski definition) is 18. The number of aliphatic carboxylic acids is 1. The van der Waals surface area contributed by atoms with Gasteiger partial charge in [0.1, 0.15) is 43.1 Å². The highest BCUT2D eigenvalue weighted by atomic mass is 35.5. The second-order valence-corrected chi connectivity index (χ2v) is 28.9. The average Bonchev–Trinajstić information content (AvgIpc) is 1.45. The van der Waals surface area contributed by atoms with Crippen LogP contribution in [0.2, 0.25) is 5.28 Å². The molecule has 5 N–H and O–H groups in total. The molecule has 0 radical (unpaired) electrons. The molecule has 23 nitrogen and oxygen atoms in total. The van der Waals surface area contributed by atoms with Crippen LogP contribution in [0.25, 0.3) is 0 Å². The van der Waals surface area contributed by atoms with Crippen molar-refractivity contribution < 1.29 is 57.2 Å². The smallest absolute Gasteiger partial charge is 0.317 e. The number of anilines is 5. The molecule has 3 amide bonds. The van der Waals surface area contributed by atoms with Gasteiger partial charge in [-0.15, -0.1) is 18.0 Å². The Morgan fingerprint density at radius 1 is 1.07 bits per heavy atom. The van der Waals surface area contributed by atoms with Crippen LogP contribution >= 0.6 is 65.5 Å². The molecule has 90 heavy (non-hydrogen) atoms. The van der Waals surface area contributed by atoms with Gasteiger partial charge in [0, 0.05) is 49.8 Å². The third-order valence-electron chi connectivity index (χ3n) is 12.1. The van der Waals surface area contributed by atoms with Gasteiger partial charge in [0.15, 0.2) is 17.3 Å². The molecule has 3 atom stereocenters. The van der Waals surface area contributed by atoms with Crippen molar-refractivity contribution in [1.82, 2.24) is 29.2 Å². The van der Waals surface area contributed by atoms with E-state index in [-0.39, 0.29) is 70.8 Å². The Hall–Kier alpha value is -5.82. The van der Waals surface area contributed by atoms with Crippen molar-refractivity contribution in [3.05, 3.63) is 87.5 Å². The molecule has 31 heteroatoms. The fourth-order valence-corrected chi connectivity index (χ4v) is 10.2. The highest BCUT2D eigenvalue weighted by Gasteiger charge is 2.34. The molecule has 0 fully saturated rings. The Kier molecular flexibility index (Phi) is 32.3. The quantitative estimate of drug-likeness (QED) is 0.0267. The Balaban J connectivity index is 0.000000299. The molecule has 5 aromatic rings. The Morgan fingerprint density at radius 3 is 2.30 bits per heavy atom. The Morgan fingerprint density at radius 2 is 1.72 bits per heavy atom. The van der Waals surface area contributed by atoms with Crippen LogP contribution in [0.5, 0.6) is 11.5 Å². The maximum Gasteiger partial charge on any atom is 0.317 e. The molecule has 0 saturated heterocycles. The van der Waals surface area contributed by atoms with Crippen LogP contribution in [0, 0.1) is 30.5 Å². The van der Waals surface area contributed by atoms with Gasteiger partial charge in [-0.1, -0.05) is 80.2 Å². The number of halogens is 5. The molecule has 5 heterocycles. The maximum absolute atomic E-state index is 14.5. The highest BCUT2D eigenvalue weighted by Crippen LogP contribution is 2.38. The zero-order valence-corrected chi connectivity index (χ0v) is 58.6. The van der Waals surface area contributed by atoms with Crippen molar-refractivity contribution in [3.8, 4) is 23.8 Å². The van der Waals surface area contributed by atoms with Crippen LogP contribution < -0.4 is 49.8 Å². The van der Waals surface area contributed by atoms with Gasteiger partial charge in [0.2, 0.25) is 27.9 Å².